The number of nitro benzene ring substituents is 1. The Kier molecular flexibility index (Phi) is 3.14. The molecule has 2 fully saturated rings. The van der Waals surface area contributed by atoms with Crippen LogP contribution in [0.4, 0.5) is 11.4 Å². The smallest absolute Gasteiger partial charge is 0.282 e. The van der Waals surface area contributed by atoms with E-state index in [2.05, 4.69) is 10.2 Å². The zero-order valence-corrected chi connectivity index (χ0v) is 12.0. The third-order valence-corrected chi connectivity index (χ3v) is 4.75. The van der Waals surface area contributed by atoms with Gasteiger partial charge in [0, 0.05) is 37.9 Å². The lowest BCUT2D eigenvalue weighted by atomic mass is 10.0. The lowest BCUT2D eigenvalue weighted by Gasteiger charge is -2.19. The van der Waals surface area contributed by atoms with Gasteiger partial charge in [0.1, 0.15) is 0 Å². The molecule has 0 spiro atoms. The molecule has 2 aliphatic rings. The van der Waals surface area contributed by atoms with Crippen molar-refractivity contribution in [2.75, 3.05) is 31.1 Å². The number of halogens is 1. The molecule has 2 aliphatic heterocycles. The summed E-state index contributed by atoms with van der Waals surface area (Å²) in [6.45, 7) is 4.33. The first kappa shape index (κ1) is 12.2. The maximum Gasteiger partial charge on any atom is 0.282 e. The summed E-state index contributed by atoms with van der Waals surface area (Å²) in [5.74, 6) is 1.47. The summed E-state index contributed by atoms with van der Waals surface area (Å²) in [4.78, 5) is 12.8. The number of nitrogens with one attached hydrogen (secondary N) is 1. The van der Waals surface area contributed by atoms with E-state index >= 15 is 0 Å². The fourth-order valence-electron chi connectivity index (χ4n) is 2.91. The Morgan fingerprint density at radius 2 is 2.00 bits per heavy atom. The first-order valence-corrected chi connectivity index (χ1v) is 7.12. The van der Waals surface area contributed by atoms with E-state index in [9.17, 15) is 10.1 Å². The van der Waals surface area contributed by atoms with Crippen LogP contribution in [-0.2, 0) is 0 Å². The molecular weight excluding hydrogens is 345 g/mol. The van der Waals surface area contributed by atoms with Crippen LogP contribution in [0.3, 0.4) is 0 Å². The largest absolute Gasteiger partial charge is 0.371 e. The Hall–Kier alpha value is -0.890. The normalized spacial score (nSPS) is 26.4. The van der Waals surface area contributed by atoms with E-state index in [0.717, 1.165) is 43.7 Å². The molecule has 0 aliphatic carbocycles. The molecule has 6 heteroatoms. The van der Waals surface area contributed by atoms with Gasteiger partial charge in [0.2, 0.25) is 0 Å². The zero-order chi connectivity index (χ0) is 12.7. The highest BCUT2D eigenvalue weighted by atomic mass is 127. The van der Waals surface area contributed by atoms with Gasteiger partial charge in [-0.1, -0.05) is 0 Å². The molecule has 1 N–H and O–H groups in total. The van der Waals surface area contributed by atoms with E-state index in [0.29, 0.717) is 3.57 Å². The van der Waals surface area contributed by atoms with E-state index in [1.807, 2.05) is 34.7 Å². The van der Waals surface area contributed by atoms with Gasteiger partial charge in [0.25, 0.3) is 5.69 Å². The molecule has 3 rings (SSSR count). The first-order valence-electron chi connectivity index (χ1n) is 6.05. The Labute approximate surface area is 119 Å². The minimum atomic E-state index is -0.325. The van der Waals surface area contributed by atoms with E-state index in [1.165, 1.54) is 0 Å². The number of nitro groups is 1. The maximum atomic E-state index is 10.8. The molecule has 2 heterocycles. The minimum Gasteiger partial charge on any atom is -0.371 e. The fraction of sp³-hybridized carbons (Fsp3) is 0.500. The third-order valence-electron chi connectivity index (χ3n) is 3.88. The monoisotopic (exact) mass is 359 g/mol. The van der Waals surface area contributed by atoms with Gasteiger partial charge in [0.15, 0.2) is 0 Å². The van der Waals surface area contributed by atoms with Crippen LogP contribution in [0.1, 0.15) is 0 Å². The van der Waals surface area contributed by atoms with Gasteiger partial charge in [0.05, 0.1) is 8.49 Å². The summed E-state index contributed by atoms with van der Waals surface area (Å²) in [6.07, 6.45) is 0. The third kappa shape index (κ3) is 2.07. The standard InChI is InChI=1S/C12H14IN3O2/c13-11-3-10(1-2-12(11)16(17)18)15-6-8-4-14-5-9(8)7-15/h1-3,8-9,14H,4-7H2. The number of hydrogen-bond donors (Lipinski definition) is 1. The molecule has 0 aromatic heterocycles. The van der Waals surface area contributed by atoms with Crippen molar-refractivity contribution in [3.05, 3.63) is 31.9 Å². The number of anilines is 1. The summed E-state index contributed by atoms with van der Waals surface area (Å²) >= 11 is 2.04. The molecule has 0 saturated carbocycles. The SMILES string of the molecule is O=[N+]([O-])c1ccc(N2CC3CNCC3C2)cc1I. The van der Waals surface area contributed by atoms with Crippen molar-refractivity contribution < 1.29 is 4.92 Å². The average molecular weight is 359 g/mol. The quantitative estimate of drug-likeness (QED) is 0.498. The molecule has 0 bridgehead atoms. The molecule has 1 aromatic carbocycles. The molecule has 2 atom stereocenters. The highest BCUT2D eigenvalue weighted by Crippen LogP contribution is 2.33. The number of benzene rings is 1. The van der Waals surface area contributed by atoms with Crippen molar-refractivity contribution in [2.24, 2.45) is 11.8 Å². The molecule has 5 nitrogen and oxygen atoms in total. The molecule has 2 saturated heterocycles. The van der Waals surface area contributed by atoms with E-state index < -0.39 is 0 Å². The van der Waals surface area contributed by atoms with Crippen molar-refractivity contribution in [1.29, 1.82) is 0 Å². The number of rotatable bonds is 2. The van der Waals surface area contributed by atoms with Crippen LogP contribution in [0.2, 0.25) is 0 Å². The topological polar surface area (TPSA) is 58.4 Å². The molecule has 0 amide bonds. The molecule has 0 radical (unpaired) electrons. The van der Waals surface area contributed by atoms with Crippen LogP contribution in [-0.4, -0.2) is 31.1 Å². The van der Waals surface area contributed by atoms with Crippen LogP contribution < -0.4 is 10.2 Å². The van der Waals surface area contributed by atoms with Crippen molar-refractivity contribution in [1.82, 2.24) is 5.32 Å². The minimum absolute atomic E-state index is 0.195. The zero-order valence-electron chi connectivity index (χ0n) is 9.80. The van der Waals surface area contributed by atoms with Gasteiger partial charge >= 0.3 is 0 Å². The second-order valence-electron chi connectivity index (χ2n) is 4.98. The van der Waals surface area contributed by atoms with Gasteiger partial charge in [-0.05, 0) is 46.6 Å². The Morgan fingerprint density at radius 3 is 2.56 bits per heavy atom. The van der Waals surface area contributed by atoms with Crippen molar-refractivity contribution in [3.8, 4) is 0 Å². The van der Waals surface area contributed by atoms with Crippen LogP contribution in [0, 0.1) is 25.5 Å². The number of hydrogen-bond acceptors (Lipinski definition) is 4. The average Bonchev–Trinajstić information content (AvgIpc) is 2.87. The number of nitrogens with zero attached hydrogens (tertiary/aromatic N) is 2. The van der Waals surface area contributed by atoms with Gasteiger partial charge in [-0.25, -0.2) is 0 Å². The number of fused-ring (bicyclic) bond motifs is 1. The van der Waals surface area contributed by atoms with Crippen LogP contribution in [0.5, 0.6) is 0 Å². The Balaban J connectivity index is 1.81. The van der Waals surface area contributed by atoms with Gasteiger partial charge < -0.3 is 10.2 Å². The van der Waals surface area contributed by atoms with Crippen molar-refractivity contribution in [2.45, 2.75) is 0 Å². The predicted octanol–water partition coefficient (Wildman–Crippen LogP) is 1.85. The van der Waals surface area contributed by atoms with E-state index in [1.54, 1.807) is 6.07 Å². The molecule has 2 unspecified atom stereocenters. The van der Waals surface area contributed by atoms with Crippen LogP contribution in [0.25, 0.3) is 0 Å². The van der Waals surface area contributed by atoms with Gasteiger partial charge in [-0.3, -0.25) is 10.1 Å². The second kappa shape index (κ2) is 4.65. The summed E-state index contributed by atoms with van der Waals surface area (Å²) in [7, 11) is 0. The summed E-state index contributed by atoms with van der Waals surface area (Å²) < 4.78 is 0.713. The highest BCUT2D eigenvalue weighted by Gasteiger charge is 2.36. The van der Waals surface area contributed by atoms with E-state index in [4.69, 9.17) is 0 Å². The lowest BCUT2D eigenvalue weighted by Crippen LogP contribution is -2.25. The summed E-state index contributed by atoms with van der Waals surface area (Å²) in [5, 5.41) is 14.2. The van der Waals surface area contributed by atoms with Crippen LogP contribution in [0.15, 0.2) is 18.2 Å². The second-order valence-corrected chi connectivity index (χ2v) is 6.14. The Bertz CT molecular complexity index is 482. The molecule has 1 aromatic rings. The highest BCUT2D eigenvalue weighted by molar-refractivity contribution is 14.1. The fourth-order valence-corrected chi connectivity index (χ4v) is 3.60. The molecule has 96 valence electrons. The van der Waals surface area contributed by atoms with Gasteiger partial charge in [-0.2, -0.15) is 0 Å². The predicted molar refractivity (Wildman–Crippen MR) is 77.9 cm³/mol. The molecule has 18 heavy (non-hydrogen) atoms. The van der Waals surface area contributed by atoms with Crippen molar-refractivity contribution >= 4 is 34.0 Å². The first-order chi connectivity index (χ1) is 8.65. The lowest BCUT2D eigenvalue weighted by molar-refractivity contribution is -0.385. The maximum absolute atomic E-state index is 10.8. The molecular formula is C12H14IN3O2. The van der Waals surface area contributed by atoms with Crippen molar-refractivity contribution in [3.63, 3.8) is 0 Å². The van der Waals surface area contributed by atoms with Gasteiger partial charge in [-0.15, -0.1) is 0 Å². The summed E-state index contributed by atoms with van der Waals surface area (Å²) in [6, 6.07) is 5.41. The van der Waals surface area contributed by atoms with Crippen LogP contribution >= 0.6 is 22.6 Å². The Morgan fingerprint density at radius 1 is 1.33 bits per heavy atom. The van der Waals surface area contributed by atoms with E-state index in [-0.39, 0.29) is 10.6 Å². The summed E-state index contributed by atoms with van der Waals surface area (Å²) in [5.41, 5.74) is 1.31.